The van der Waals surface area contributed by atoms with Crippen LogP contribution in [0.3, 0.4) is 0 Å². The Kier molecular flexibility index (Phi) is 4.27. The van der Waals surface area contributed by atoms with Crippen molar-refractivity contribution in [3.63, 3.8) is 0 Å². The normalized spacial score (nSPS) is 20.6. The van der Waals surface area contributed by atoms with E-state index in [9.17, 15) is 4.79 Å². The quantitative estimate of drug-likeness (QED) is 0.666. The molecule has 1 aromatic carbocycles. The van der Waals surface area contributed by atoms with Gasteiger partial charge in [-0.15, -0.1) is 0 Å². The second kappa shape index (κ2) is 6.98. The molecule has 2 amide bonds. The van der Waals surface area contributed by atoms with Crippen LogP contribution in [-0.4, -0.2) is 50.4 Å². The topological polar surface area (TPSA) is 75.8 Å². The molecule has 0 aliphatic carbocycles. The van der Waals surface area contributed by atoms with Crippen LogP contribution < -0.4 is 9.64 Å². The van der Waals surface area contributed by atoms with Crippen molar-refractivity contribution >= 4 is 29.1 Å². The summed E-state index contributed by atoms with van der Waals surface area (Å²) in [6, 6.07) is 11.6. The van der Waals surface area contributed by atoms with Gasteiger partial charge in [0.25, 0.3) is 0 Å². The summed E-state index contributed by atoms with van der Waals surface area (Å²) in [5.41, 5.74) is 3.47. The second-order valence-corrected chi connectivity index (χ2v) is 7.40. The molecule has 0 radical (unpaired) electrons. The summed E-state index contributed by atoms with van der Waals surface area (Å²) in [5, 5.41) is 0. The van der Waals surface area contributed by atoms with Crippen LogP contribution in [0.1, 0.15) is 13.8 Å². The maximum Gasteiger partial charge on any atom is 0.326 e. The molecule has 2 aromatic heterocycles. The highest BCUT2D eigenvalue weighted by molar-refractivity contribution is 5.97. The lowest BCUT2D eigenvalue weighted by Gasteiger charge is -2.27. The number of urea groups is 1. The van der Waals surface area contributed by atoms with Crippen molar-refractivity contribution in [1.29, 1.82) is 0 Å². The highest BCUT2D eigenvalue weighted by atomic mass is 16.5. The van der Waals surface area contributed by atoms with Gasteiger partial charge in [0, 0.05) is 31.7 Å². The van der Waals surface area contributed by atoms with Crippen molar-refractivity contribution in [2.45, 2.75) is 26.1 Å². The molecule has 1 saturated heterocycles. The summed E-state index contributed by atoms with van der Waals surface area (Å²) in [6.45, 7) is 4.68. The number of aromatic nitrogens is 3. The van der Waals surface area contributed by atoms with E-state index in [0.717, 1.165) is 22.4 Å². The lowest BCUT2D eigenvalue weighted by molar-refractivity contribution is 0.213. The number of pyridine rings is 1. The standard InChI is InChI=1S/C22H22N6O2/c1-4-27-18-14(2)11-13-24-20(18)28(22(27)29)15-7-9-16(10-8-15)30-21-25-17-6-5-12-23-19(17)26(21)3/h5-13,18,20H,4H2,1-3H3. The summed E-state index contributed by atoms with van der Waals surface area (Å²) >= 11 is 0. The average Bonchev–Trinajstić information content (AvgIpc) is 3.23. The molecule has 2 unspecified atom stereocenters. The molecule has 30 heavy (non-hydrogen) atoms. The van der Waals surface area contributed by atoms with Crippen LogP contribution in [0.15, 0.2) is 59.2 Å². The Hall–Kier alpha value is -3.68. The molecule has 0 saturated carbocycles. The van der Waals surface area contributed by atoms with Gasteiger partial charge < -0.3 is 9.64 Å². The molecule has 8 nitrogen and oxygen atoms in total. The first-order valence-electron chi connectivity index (χ1n) is 9.93. The number of hydrogen-bond acceptors (Lipinski definition) is 5. The van der Waals surface area contributed by atoms with Crippen molar-refractivity contribution in [3.05, 3.63) is 54.2 Å². The number of carbonyl (C=O) groups is 1. The summed E-state index contributed by atoms with van der Waals surface area (Å²) in [7, 11) is 1.87. The van der Waals surface area contributed by atoms with Gasteiger partial charge in [-0.05, 0) is 61.9 Å². The minimum atomic E-state index is -0.250. The average molecular weight is 402 g/mol. The number of dihydropyridines is 1. The molecule has 1 fully saturated rings. The Morgan fingerprint density at radius 1 is 1.17 bits per heavy atom. The summed E-state index contributed by atoms with van der Waals surface area (Å²) < 4.78 is 7.77. The zero-order valence-electron chi connectivity index (χ0n) is 17.1. The van der Waals surface area contributed by atoms with E-state index in [1.165, 1.54) is 0 Å². The van der Waals surface area contributed by atoms with Gasteiger partial charge in [-0.25, -0.2) is 9.78 Å². The Labute approximate surface area is 174 Å². The Morgan fingerprint density at radius 3 is 2.70 bits per heavy atom. The fourth-order valence-corrected chi connectivity index (χ4v) is 4.12. The van der Waals surface area contributed by atoms with Crippen LogP contribution in [0.4, 0.5) is 10.5 Å². The molecule has 3 aromatic rings. The number of anilines is 1. The Balaban J connectivity index is 1.42. The van der Waals surface area contributed by atoms with Crippen LogP contribution in [-0.2, 0) is 7.05 Å². The third kappa shape index (κ3) is 2.75. The van der Waals surface area contributed by atoms with Crippen molar-refractivity contribution < 1.29 is 9.53 Å². The van der Waals surface area contributed by atoms with Crippen molar-refractivity contribution in [1.82, 2.24) is 19.4 Å². The number of allylic oxidation sites excluding steroid dienone is 1. The van der Waals surface area contributed by atoms with E-state index >= 15 is 0 Å². The largest absolute Gasteiger partial charge is 0.425 e. The summed E-state index contributed by atoms with van der Waals surface area (Å²) in [4.78, 5) is 30.1. The molecule has 4 heterocycles. The smallest absolute Gasteiger partial charge is 0.326 e. The molecule has 2 aliphatic heterocycles. The number of ether oxygens (including phenoxy) is 1. The first-order valence-corrected chi connectivity index (χ1v) is 9.93. The molecular weight excluding hydrogens is 380 g/mol. The maximum absolute atomic E-state index is 13.1. The highest BCUT2D eigenvalue weighted by Gasteiger charge is 2.47. The number of nitrogens with zero attached hydrogens (tertiary/aromatic N) is 6. The van der Waals surface area contributed by atoms with Gasteiger partial charge in [-0.3, -0.25) is 14.5 Å². The zero-order valence-corrected chi connectivity index (χ0v) is 17.1. The number of aliphatic imine (C=N–C) groups is 1. The van der Waals surface area contributed by atoms with Crippen molar-refractivity contribution in [3.8, 4) is 11.8 Å². The third-order valence-electron chi connectivity index (χ3n) is 5.63. The molecular formula is C22H22N6O2. The van der Waals surface area contributed by atoms with E-state index in [1.807, 2.05) is 72.8 Å². The predicted octanol–water partition coefficient (Wildman–Crippen LogP) is 3.75. The van der Waals surface area contributed by atoms with E-state index in [4.69, 9.17) is 4.74 Å². The number of hydrogen-bond donors (Lipinski definition) is 0. The van der Waals surface area contributed by atoms with Gasteiger partial charge in [-0.1, -0.05) is 0 Å². The number of benzene rings is 1. The minimum absolute atomic E-state index is 0.0316. The van der Waals surface area contributed by atoms with Gasteiger partial charge in [0.2, 0.25) is 0 Å². The van der Waals surface area contributed by atoms with Crippen LogP contribution in [0.5, 0.6) is 11.8 Å². The second-order valence-electron chi connectivity index (χ2n) is 7.40. The number of aryl methyl sites for hydroxylation is 1. The summed E-state index contributed by atoms with van der Waals surface area (Å²) in [6.07, 6.45) is 5.24. The number of likely N-dealkylation sites (N-methyl/N-ethyl adjacent to an activating group) is 1. The number of amides is 2. The van der Waals surface area contributed by atoms with Crippen LogP contribution in [0.25, 0.3) is 11.2 Å². The fraction of sp³-hybridized carbons (Fsp3) is 0.273. The molecule has 2 aliphatic rings. The molecule has 2 atom stereocenters. The number of imidazole rings is 1. The van der Waals surface area contributed by atoms with E-state index in [0.29, 0.717) is 18.3 Å². The SMILES string of the molecule is CCN1C(=O)N(c2ccc(Oc3nc4cccnc4n3C)cc2)C2N=CC=C(C)C21. The maximum atomic E-state index is 13.1. The lowest BCUT2D eigenvalue weighted by atomic mass is 10.0. The van der Waals surface area contributed by atoms with Crippen LogP contribution in [0.2, 0.25) is 0 Å². The van der Waals surface area contributed by atoms with E-state index in [-0.39, 0.29) is 18.2 Å². The number of rotatable bonds is 4. The third-order valence-corrected chi connectivity index (χ3v) is 5.63. The molecule has 0 spiro atoms. The first kappa shape index (κ1) is 18.4. The molecule has 8 heteroatoms. The molecule has 152 valence electrons. The van der Waals surface area contributed by atoms with Gasteiger partial charge in [0.05, 0.1) is 6.04 Å². The first-order chi connectivity index (χ1) is 14.6. The number of carbonyl (C=O) groups excluding carboxylic acids is 1. The highest BCUT2D eigenvalue weighted by Crippen LogP contribution is 2.35. The van der Waals surface area contributed by atoms with Gasteiger partial charge in [0.1, 0.15) is 11.3 Å². The van der Waals surface area contributed by atoms with Gasteiger partial charge in [-0.2, -0.15) is 4.98 Å². The van der Waals surface area contributed by atoms with Crippen LogP contribution >= 0.6 is 0 Å². The fourth-order valence-electron chi connectivity index (χ4n) is 4.12. The molecule has 0 bridgehead atoms. The van der Waals surface area contributed by atoms with Crippen molar-refractivity contribution in [2.24, 2.45) is 12.0 Å². The Bertz CT molecular complexity index is 1180. The predicted molar refractivity (Wildman–Crippen MR) is 115 cm³/mol. The molecule has 5 rings (SSSR count). The summed E-state index contributed by atoms with van der Waals surface area (Å²) in [5.74, 6) is 0.635. The van der Waals surface area contributed by atoms with E-state index < -0.39 is 0 Å². The van der Waals surface area contributed by atoms with E-state index in [2.05, 4.69) is 15.0 Å². The van der Waals surface area contributed by atoms with Crippen molar-refractivity contribution in [2.75, 3.05) is 11.4 Å². The van der Waals surface area contributed by atoms with E-state index in [1.54, 1.807) is 17.3 Å². The number of fused-ring (bicyclic) bond motifs is 2. The molecule has 0 N–H and O–H groups in total. The van der Waals surface area contributed by atoms with Crippen LogP contribution in [0, 0.1) is 0 Å². The minimum Gasteiger partial charge on any atom is -0.425 e. The lowest BCUT2D eigenvalue weighted by Crippen LogP contribution is -2.38. The van der Waals surface area contributed by atoms with Gasteiger partial charge in [0.15, 0.2) is 11.8 Å². The Morgan fingerprint density at radius 2 is 1.97 bits per heavy atom. The van der Waals surface area contributed by atoms with Gasteiger partial charge >= 0.3 is 12.0 Å². The monoisotopic (exact) mass is 402 g/mol. The zero-order chi connectivity index (χ0) is 20.8.